The van der Waals surface area contributed by atoms with Gasteiger partial charge in [-0.2, -0.15) is 0 Å². The van der Waals surface area contributed by atoms with Gasteiger partial charge in [-0.15, -0.1) is 11.6 Å². The molecule has 0 radical (unpaired) electrons. The fourth-order valence-corrected chi connectivity index (χ4v) is 1.66. The molecule has 0 saturated carbocycles. The first-order valence-corrected chi connectivity index (χ1v) is 6.21. The summed E-state index contributed by atoms with van der Waals surface area (Å²) in [6.45, 7) is 1.98. The number of rotatable bonds is 6. The molecule has 0 aromatic heterocycles. The average molecular weight is 256 g/mol. The highest BCUT2D eigenvalue weighted by Crippen LogP contribution is 2.11. The van der Waals surface area contributed by atoms with Gasteiger partial charge in [0.2, 0.25) is 0 Å². The lowest BCUT2D eigenvalue weighted by atomic mass is 10.1. The fraction of sp³-hybridized carbons (Fsp3) is 0.462. The normalized spacial score (nSPS) is 11.9. The summed E-state index contributed by atoms with van der Waals surface area (Å²) >= 11 is 5.61. The molecule has 0 fully saturated rings. The Labute approximate surface area is 107 Å². The predicted molar refractivity (Wildman–Crippen MR) is 69.9 cm³/mol. The summed E-state index contributed by atoms with van der Waals surface area (Å²) in [5, 5.41) is 2.93. The molecule has 4 heteroatoms. The number of carbonyl (C=O) groups is 1. The van der Waals surface area contributed by atoms with Crippen molar-refractivity contribution in [2.45, 2.75) is 25.8 Å². The Morgan fingerprint density at radius 3 is 2.59 bits per heavy atom. The van der Waals surface area contributed by atoms with E-state index in [4.69, 9.17) is 16.3 Å². The Hall–Kier alpha value is -1.22. The number of ether oxygens (including phenoxy) is 1. The topological polar surface area (TPSA) is 38.3 Å². The average Bonchev–Trinajstić information content (AvgIpc) is 2.36. The highest BCUT2D eigenvalue weighted by atomic mass is 35.5. The quantitative estimate of drug-likeness (QED) is 0.794. The van der Waals surface area contributed by atoms with E-state index in [0.29, 0.717) is 11.4 Å². The zero-order valence-electron chi connectivity index (χ0n) is 10.2. The minimum atomic E-state index is -0.0604. The number of amides is 1. The van der Waals surface area contributed by atoms with Crippen LogP contribution in [-0.2, 0) is 0 Å². The van der Waals surface area contributed by atoms with Crippen LogP contribution in [0, 0.1) is 0 Å². The molecule has 0 spiro atoms. The fourth-order valence-electron chi connectivity index (χ4n) is 1.51. The van der Waals surface area contributed by atoms with E-state index in [9.17, 15) is 4.79 Å². The molecule has 0 bridgehead atoms. The molecule has 0 aliphatic rings. The zero-order valence-corrected chi connectivity index (χ0v) is 11.0. The van der Waals surface area contributed by atoms with Gasteiger partial charge >= 0.3 is 0 Å². The lowest BCUT2D eigenvalue weighted by Crippen LogP contribution is -2.32. The molecule has 1 rings (SSSR count). The SMILES string of the molecule is COc1ccc(C(=O)NC(C)CCCCl)cc1. The molecule has 0 saturated heterocycles. The number of alkyl halides is 1. The van der Waals surface area contributed by atoms with Gasteiger partial charge in [0.05, 0.1) is 7.11 Å². The van der Waals surface area contributed by atoms with Crippen LogP contribution in [0.1, 0.15) is 30.1 Å². The van der Waals surface area contributed by atoms with Crippen molar-refractivity contribution in [3.8, 4) is 5.75 Å². The Morgan fingerprint density at radius 1 is 1.41 bits per heavy atom. The number of methoxy groups -OCH3 is 1. The standard InChI is InChI=1S/C13H18ClNO2/c1-10(4-3-9-14)15-13(16)11-5-7-12(17-2)8-6-11/h5-8,10H,3-4,9H2,1-2H3,(H,15,16). The lowest BCUT2D eigenvalue weighted by Gasteiger charge is -2.13. The van der Waals surface area contributed by atoms with E-state index >= 15 is 0 Å². The monoisotopic (exact) mass is 255 g/mol. The second-order valence-electron chi connectivity index (χ2n) is 3.93. The maximum Gasteiger partial charge on any atom is 0.251 e. The molecular weight excluding hydrogens is 238 g/mol. The minimum absolute atomic E-state index is 0.0604. The summed E-state index contributed by atoms with van der Waals surface area (Å²) in [5.41, 5.74) is 0.642. The maximum atomic E-state index is 11.8. The maximum absolute atomic E-state index is 11.8. The van der Waals surface area contributed by atoms with Crippen molar-refractivity contribution < 1.29 is 9.53 Å². The van der Waals surface area contributed by atoms with Crippen LogP contribution in [0.15, 0.2) is 24.3 Å². The third kappa shape index (κ3) is 4.65. The van der Waals surface area contributed by atoms with Gasteiger partial charge in [0.1, 0.15) is 5.75 Å². The van der Waals surface area contributed by atoms with Gasteiger partial charge in [0, 0.05) is 17.5 Å². The molecule has 3 nitrogen and oxygen atoms in total. The zero-order chi connectivity index (χ0) is 12.7. The third-order valence-corrected chi connectivity index (χ3v) is 2.77. The number of halogens is 1. The van der Waals surface area contributed by atoms with Crippen molar-refractivity contribution >= 4 is 17.5 Å². The van der Waals surface area contributed by atoms with Crippen LogP contribution in [-0.4, -0.2) is 24.9 Å². The molecule has 17 heavy (non-hydrogen) atoms. The van der Waals surface area contributed by atoms with Crippen molar-refractivity contribution in [3.63, 3.8) is 0 Å². The summed E-state index contributed by atoms with van der Waals surface area (Å²) in [5.74, 6) is 1.31. The smallest absolute Gasteiger partial charge is 0.251 e. The number of nitrogens with one attached hydrogen (secondary N) is 1. The predicted octanol–water partition coefficient (Wildman–Crippen LogP) is 2.83. The van der Waals surface area contributed by atoms with E-state index in [1.807, 2.05) is 6.92 Å². The van der Waals surface area contributed by atoms with E-state index in [1.165, 1.54) is 0 Å². The third-order valence-electron chi connectivity index (χ3n) is 2.50. The van der Waals surface area contributed by atoms with E-state index in [1.54, 1.807) is 31.4 Å². The van der Waals surface area contributed by atoms with Crippen molar-refractivity contribution in [2.24, 2.45) is 0 Å². The van der Waals surface area contributed by atoms with Crippen LogP contribution in [0.5, 0.6) is 5.75 Å². The Balaban J connectivity index is 2.51. The first-order valence-electron chi connectivity index (χ1n) is 5.68. The summed E-state index contributed by atoms with van der Waals surface area (Å²) in [4.78, 5) is 11.8. The van der Waals surface area contributed by atoms with Crippen molar-refractivity contribution in [1.29, 1.82) is 0 Å². The molecule has 94 valence electrons. The highest BCUT2D eigenvalue weighted by molar-refractivity contribution is 6.17. The lowest BCUT2D eigenvalue weighted by molar-refractivity contribution is 0.0938. The summed E-state index contributed by atoms with van der Waals surface area (Å²) < 4.78 is 5.04. The van der Waals surface area contributed by atoms with Gasteiger partial charge in [0.15, 0.2) is 0 Å². The van der Waals surface area contributed by atoms with Crippen LogP contribution in [0.2, 0.25) is 0 Å². The summed E-state index contributed by atoms with van der Waals surface area (Å²) in [7, 11) is 1.60. The van der Waals surface area contributed by atoms with Gasteiger partial charge in [-0.3, -0.25) is 4.79 Å². The van der Waals surface area contributed by atoms with Gasteiger partial charge in [-0.25, -0.2) is 0 Å². The van der Waals surface area contributed by atoms with Gasteiger partial charge in [-0.1, -0.05) is 0 Å². The summed E-state index contributed by atoms with van der Waals surface area (Å²) in [6, 6.07) is 7.20. The van der Waals surface area contributed by atoms with Crippen molar-refractivity contribution in [3.05, 3.63) is 29.8 Å². The summed E-state index contributed by atoms with van der Waals surface area (Å²) in [6.07, 6.45) is 1.80. The largest absolute Gasteiger partial charge is 0.497 e. The Kier molecular flexibility index (Phi) is 5.84. The van der Waals surface area contributed by atoms with Gasteiger partial charge < -0.3 is 10.1 Å². The number of hydrogen-bond donors (Lipinski definition) is 1. The van der Waals surface area contributed by atoms with E-state index in [-0.39, 0.29) is 11.9 Å². The van der Waals surface area contributed by atoms with Crippen LogP contribution >= 0.6 is 11.6 Å². The number of carbonyl (C=O) groups excluding carboxylic acids is 1. The van der Waals surface area contributed by atoms with Crippen molar-refractivity contribution in [2.75, 3.05) is 13.0 Å². The molecule has 1 amide bonds. The number of hydrogen-bond acceptors (Lipinski definition) is 2. The molecule has 0 aliphatic carbocycles. The molecule has 1 atom stereocenters. The van der Waals surface area contributed by atoms with E-state index in [2.05, 4.69) is 5.32 Å². The number of benzene rings is 1. The van der Waals surface area contributed by atoms with Crippen LogP contribution in [0.3, 0.4) is 0 Å². The van der Waals surface area contributed by atoms with Crippen LogP contribution in [0.25, 0.3) is 0 Å². The van der Waals surface area contributed by atoms with Gasteiger partial charge in [-0.05, 0) is 44.0 Å². The molecule has 1 unspecified atom stereocenters. The van der Waals surface area contributed by atoms with E-state index < -0.39 is 0 Å². The molecule has 1 aromatic carbocycles. The van der Waals surface area contributed by atoms with Gasteiger partial charge in [0.25, 0.3) is 5.91 Å². The van der Waals surface area contributed by atoms with Crippen LogP contribution in [0.4, 0.5) is 0 Å². The molecule has 1 N–H and O–H groups in total. The molecule has 0 aliphatic heterocycles. The van der Waals surface area contributed by atoms with Crippen molar-refractivity contribution in [1.82, 2.24) is 5.32 Å². The Bertz CT molecular complexity index is 351. The first kappa shape index (κ1) is 13.8. The molecular formula is C13H18ClNO2. The van der Waals surface area contributed by atoms with E-state index in [0.717, 1.165) is 18.6 Å². The highest BCUT2D eigenvalue weighted by Gasteiger charge is 2.09. The second kappa shape index (κ2) is 7.17. The molecule has 0 heterocycles. The first-order chi connectivity index (χ1) is 8.17. The van der Waals surface area contributed by atoms with Crippen LogP contribution < -0.4 is 10.1 Å². The second-order valence-corrected chi connectivity index (χ2v) is 4.31. The minimum Gasteiger partial charge on any atom is -0.497 e. The Morgan fingerprint density at radius 2 is 2.06 bits per heavy atom. The molecule has 1 aromatic rings.